The molecule has 2 N–H and O–H groups in total. The molecule has 0 unspecified atom stereocenters. The number of pyridine rings is 1. The van der Waals surface area contributed by atoms with E-state index in [1.54, 1.807) is 18.6 Å². The first-order chi connectivity index (χ1) is 10.8. The second kappa shape index (κ2) is 5.00. The molecule has 4 rings (SSSR count). The monoisotopic (exact) mass is 287 g/mol. The third kappa shape index (κ3) is 2.02. The highest BCUT2D eigenvalue weighted by atomic mass is 16.1. The Hall–Kier alpha value is -3.14. The van der Waals surface area contributed by atoms with E-state index in [-0.39, 0.29) is 5.78 Å². The summed E-state index contributed by atoms with van der Waals surface area (Å²) in [5.74, 6) is -0.0207. The van der Waals surface area contributed by atoms with Gasteiger partial charge in [-0.15, -0.1) is 0 Å². The van der Waals surface area contributed by atoms with Crippen LogP contribution >= 0.6 is 0 Å². The van der Waals surface area contributed by atoms with Crippen molar-refractivity contribution in [2.24, 2.45) is 0 Å². The van der Waals surface area contributed by atoms with Gasteiger partial charge in [0.2, 0.25) is 5.78 Å². The minimum absolute atomic E-state index is 0.0207. The van der Waals surface area contributed by atoms with Gasteiger partial charge >= 0.3 is 0 Å². The van der Waals surface area contributed by atoms with Crippen molar-refractivity contribution in [3.05, 3.63) is 78.4 Å². The van der Waals surface area contributed by atoms with E-state index >= 15 is 0 Å². The Bertz CT molecular complexity index is 951. The van der Waals surface area contributed by atoms with E-state index < -0.39 is 0 Å². The van der Waals surface area contributed by atoms with Gasteiger partial charge in [0.15, 0.2) is 0 Å². The molecule has 4 aromatic rings. The van der Waals surface area contributed by atoms with Crippen molar-refractivity contribution in [1.82, 2.24) is 15.0 Å². The van der Waals surface area contributed by atoms with E-state index in [0.29, 0.717) is 11.3 Å². The predicted octanol–water partition coefficient (Wildman–Crippen LogP) is 3.79. The number of H-pyrrole nitrogens is 2. The van der Waals surface area contributed by atoms with E-state index in [1.165, 1.54) is 0 Å². The smallest absolute Gasteiger partial charge is 0.211 e. The summed E-state index contributed by atoms with van der Waals surface area (Å²) in [6.07, 6.45) is 5.26. The van der Waals surface area contributed by atoms with E-state index in [0.717, 1.165) is 22.2 Å². The van der Waals surface area contributed by atoms with Crippen LogP contribution in [0.3, 0.4) is 0 Å². The highest BCUT2D eigenvalue weighted by molar-refractivity contribution is 6.15. The lowest BCUT2D eigenvalue weighted by atomic mass is 10.1. The fourth-order valence-corrected chi connectivity index (χ4v) is 2.62. The SMILES string of the molecule is O=C(c1ccc(-c2cccnc2)[nH]1)c1c[nH]c2ccccc12. The van der Waals surface area contributed by atoms with Crippen molar-refractivity contribution in [1.29, 1.82) is 0 Å². The number of benzene rings is 1. The van der Waals surface area contributed by atoms with Gasteiger partial charge in [-0.3, -0.25) is 9.78 Å². The first kappa shape index (κ1) is 12.6. The molecular formula is C18H13N3O. The van der Waals surface area contributed by atoms with Crippen LogP contribution in [0.25, 0.3) is 22.2 Å². The molecule has 0 aliphatic rings. The fourth-order valence-electron chi connectivity index (χ4n) is 2.62. The van der Waals surface area contributed by atoms with E-state index in [2.05, 4.69) is 15.0 Å². The van der Waals surface area contributed by atoms with Crippen molar-refractivity contribution < 1.29 is 4.79 Å². The van der Waals surface area contributed by atoms with Gasteiger partial charge in [0, 0.05) is 46.3 Å². The molecular weight excluding hydrogens is 274 g/mol. The molecule has 4 nitrogen and oxygen atoms in total. The third-order valence-electron chi connectivity index (χ3n) is 3.74. The van der Waals surface area contributed by atoms with E-state index in [9.17, 15) is 4.79 Å². The van der Waals surface area contributed by atoms with Crippen molar-refractivity contribution in [2.45, 2.75) is 0 Å². The summed E-state index contributed by atoms with van der Waals surface area (Å²) >= 11 is 0. The maximum Gasteiger partial charge on any atom is 0.211 e. The quantitative estimate of drug-likeness (QED) is 0.563. The average Bonchev–Trinajstić information content (AvgIpc) is 3.22. The molecule has 3 heterocycles. The highest BCUT2D eigenvalue weighted by Gasteiger charge is 2.15. The van der Waals surface area contributed by atoms with Crippen LogP contribution < -0.4 is 0 Å². The Balaban J connectivity index is 1.73. The summed E-state index contributed by atoms with van der Waals surface area (Å²) < 4.78 is 0. The molecule has 0 bridgehead atoms. The van der Waals surface area contributed by atoms with Gasteiger partial charge in [0.1, 0.15) is 0 Å². The lowest BCUT2D eigenvalue weighted by Gasteiger charge is -1.98. The van der Waals surface area contributed by atoms with Crippen molar-refractivity contribution in [2.75, 3.05) is 0 Å². The van der Waals surface area contributed by atoms with Crippen molar-refractivity contribution in [3.8, 4) is 11.3 Å². The molecule has 4 heteroatoms. The molecule has 0 spiro atoms. The molecule has 0 aliphatic heterocycles. The van der Waals surface area contributed by atoms with Gasteiger partial charge in [-0.05, 0) is 30.3 Å². The lowest BCUT2D eigenvalue weighted by molar-refractivity contribution is 0.103. The number of nitrogens with zero attached hydrogens (tertiary/aromatic N) is 1. The molecule has 0 aliphatic carbocycles. The summed E-state index contributed by atoms with van der Waals surface area (Å²) in [5.41, 5.74) is 4.06. The third-order valence-corrected chi connectivity index (χ3v) is 3.74. The van der Waals surface area contributed by atoms with Crippen LogP contribution in [0, 0.1) is 0 Å². The standard InChI is InChI=1S/C18H13N3O/c22-18(14-11-20-16-6-2-1-5-13(14)16)17-8-7-15(21-17)12-4-3-9-19-10-12/h1-11,20-21H. The number of fused-ring (bicyclic) bond motifs is 1. The van der Waals surface area contributed by atoms with Crippen LogP contribution in [0.5, 0.6) is 0 Å². The summed E-state index contributed by atoms with van der Waals surface area (Å²) in [7, 11) is 0. The number of carbonyl (C=O) groups is 1. The molecule has 0 amide bonds. The molecule has 3 aromatic heterocycles. The Morgan fingerprint density at radius 1 is 1.00 bits per heavy atom. The van der Waals surface area contributed by atoms with Gasteiger partial charge in [0.05, 0.1) is 5.69 Å². The second-order valence-electron chi connectivity index (χ2n) is 5.10. The maximum atomic E-state index is 12.7. The Morgan fingerprint density at radius 3 is 2.77 bits per heavy atom. The minimum atomic E-state index is -0.0207. The Morgan fingerprint density at radius 2 is 1.91 bits per heavy atom. The summed E-state index contributed by atoms with van der Waals surface area (Å²) in [6, 6.07) is 15.3. The van der Waals surface area contributed by atoms with Gasteiger partial charge in [-0.1, -0.05) is 18.2 Å². The average molecular weight is 287 g/mol. The highest BCUT2D eigenvalue weighted by Crippen LogP contribution is 2.23. The van der Waals surface area contributed by atoms with Gasteiger partial charge < -0.3 is 9.97 Å². The molecule has 106 valence electrons. The first-order valence-corrected chi connectivity index (χ1v) is 7.03. The number of para-hydroxylation sites is 1. The summed E-state index contributed by atoms with van der Waals surface area (Å²) in [5, 5.41) is 0.935. The summed E-state index contributed by atoms with van der Waals surface area (Å²) in [4.78, 5) is 23.1. The van der Waals surface area contributed by atoms with Crippen LogP contribution in [-0.2, 0) is 0 Å². The van der Waals surface area contributed by atoms with E-state index in [4.69, 9.17) is 0 Å². The first-order valence-electron chi connectivity index (χ1n) is 7.03. The molecule has 0 saturated heterocycles. The molecule has 0 atom stereocenters. The zero-order chi connectivity index (χ0) is 14.9. The number of hydrogen-bond donors (Lipinski definition) is 2. The van der Waals surface area contributed by atoms with Crippen LogP contribution in [0.4, 0.5) is 0 Å². The van der Waals surface area contributed by atoms with Gasteiger partial charge in [-0.25, -0.2) is 0 Å². The Labute approximate surface area is 126 Å². The largest absolute Gasteiger partial charge is 0.360 e. The van der Waals surface area contributed by atoms with Gasteiger partial charge in [0.25, 0.3) is 0 Å². The number of carbonyl (C=O) groups excluding carboxylic acids is 1. The number of rotatable bonds is 3. The zero-order valence-electron chi connectivity index (χ0n) is 11.7. The lowest BCUT2D eigenvalue weighted by Crippen LogP contribution is -2.00. The number of aromatic nitrogens is 3. The normalized spacial score (nSPS) is 10.9. The number of aromatic amines is 2. The van der Waals surface area contributed by atoms with Crippen LogP contribution in [0.2, 0.25) is 0 Å². The van der Waals surface area contributed by atoms with Crippen LogP contribution in [0.15, 0.2) is 67.1 Å². The molecule has 0 saturated carbocycles. The van der Waals surface area contributed by atoms with Crippen molar-refractivity contribution >= 4 is 16.7 Å². The van der Waals surface area contributed by atoms with Crippen LogP contribution in [-0.4, -0.2) is 20.7 Å². The van der Waals surface area contributed by atoms with Crippen molar-refractivity contribution in [3.63, 3.8) is 0 Å². The molecule has 22 heavy (non-hydrogen) atoms. The predicted molar refractivity (Wildman–Crippen MR) is 85.8 cm³/mol. The topological polar surface area (TPSA) is 61.5 Å². The van der Waals surface area contributed by atoms with Crippen LogP contribution in [0.1, 0.15) is 16.1 Å². The number of nitrogens with one attached hydrogen (secondary N) is 2. The molecule has 0 radical (unpaired) electrons. The molecule has 0 fully saturated rings. The van der Waals surface area contributed by atoms with E-state index in [1.807, 2.05) is 48.5 Å². The van der Waals surface area contributed by atoms with Gasteiger partial charge in [-0.2, -0.15) is 0 Å². The number of hydrogen-bond acceptors (Lipinski definition) is 2. The minimum Gasteiger partial charge on any atom is -0.360 e. The Kier molecular flexibility index (Phi) is 2.86. The summed E-state index contributed by atoms with van der Waals surface area (Å²) in [6.45, 7) is 0. The molecule has 1 aromatic carbocycles. The number of ketones is 1. The second-order valence-corrected chi connectivity index (χ2v) is 5.10. The zero-order valence-corrected chi connectivity index (χ0v) is 11.7. The fraction of sp³-hybridized carbons (Fsp3) is 0. The maximum absolute atomic E-state index is 12.7.